The zero-order chi connectivity index (χ0) is 16.9. The Morgan fingerprint density at radius 3 is 1.88 bits per heavy atom. The first-order valence-corrected chi connectivity index (χ1v) is 9.51. The predicted octanol–water partition coefficient (Wildman–Crippen LogP) is 2.49. The molecule has 1 fully saturated rings. The highest BCUT2D eigenvalue weighted by Crippen LogP contribution is 2.13. The van der Waals surface area contributed by atoms with Crippen LogP contribution in [-0.2, 0) is 14.8 Å². The van der Waals surface area contributed by atoms with Crippen LogP contribution in [0.1, 0.15) is 56.4 Å². The van der Waals surface area contributed by atoms with E-state index < -0.39 is 10.0 Å². The van der Waals surface area contributed by atoms with Crippen LogP contribution in [0.25, 0.3) is 0 Å². The quantitative estimate of drug-likeness (QED) is 0.738. The number of hydrogen-bond acceptors (Lipinski definition) is 5. The van der Waals surface area contributed by atoms with Crippen LogP contribution in [0.4, 0.5) is 0 Å². The summed E-state index contributed by atoms with van der Waals surface area (Å²) in [5.74, 6) is 0.0318. The number of nitrogens with zero attached hydrogens (tertiary/aromatic N) is 4. The van der Waals surface area contributed by atoms with Gasteiger partial charge in [0, 0.05) is 45.2 Å². The van der Waals surface area contributed by atoms with Crippen LogP contribution in [0.5, 0.6) is 0 Å². The van der Waals surface area contributed by atoms with Crippen LogP contribution in [0.15, 0.2) is 5.10 Å². The molecule has 0 bridgehead atoms. The van der Waals surface area contributed by atoms with Gasteiger partial charge in [0.25, 0.3) is 0 Å². The minimum Gasteiger partial charge on any atom is -0.301 e. The second-order valence-electron chi connectivity index (χ2n) is 5.85. The number of piperazine rings is 1. The second kappa shape index (κ2) is 12.4. The summed E-state index contributed by atoms with van der Waals surface area (Å²) in [5, 5.41) is 5.61. The fourth-order valence-corrected chi connectivity index (χ4v) is 3.42. The lowest BCUT2D eigenvalue weighted by atomic mass is 10.2. The van der Waals surface area contributed by atoms with Crippen molar-refractivity contribution in [3.8, 4) is 0 Å². The lowest BCUT2D eigenvalue weighted by Gasteiger charge is -2.32. The molecule has 0 aromatic rings. The highest BCUT2D eigenvalue weighted by Gasteiger charge is 2.23. The summed E-state index contributed by atoms with van der Waals surface area (Å²) in [4.78, 5) is 13.1. The van der Waals surface area contributed by atoms with Crippen molar-refractivity contribution < 1.29 is 13.2 Å². The van der Waals surface area contributed by atoms with E-state index in [-0.39, 0.29) is 34.2 Å². The summed E-state index contributed by atoms with van der Waals surface area (Å²) in [6.45, 7) is 11.6. The average molecular weight is 381 g/mol. The van der Waals surface area contributed by atoms with Gasteiger partial charge < -0.3 is 4.90 Å². The number of amides is 1. The lowest BCUT2D eigenvalue weighted by Crippen LogP contribution is -2.48. The Kier molecular flexibility index (Phi) is 14.3. The van der Waals surface area contributed by atoms with E-state index >= 15 is 0 Å². The number of carbonyl (C=O) groups is 1. The van der Waals surface area contributed by atoms with Crippen LogP contribution in [0, 0.1) is 0 Å². The van der Waals surface area contributed by atoms with Crippen LogP contribution in [0.2, 0.25) is 0 Å². The largest absolute Gasteiger partial charge is 0.301 e. The fourth-order valence-electron chi connectivity index (χ4n) is 2.60. The Hall–Kier alpha value is -0.990. The topological polar surface area (TPSA) is 73.3 Å². The molecule has 2 rings (SSSR count). The molecule has 1 unspecified atom stereocenters. The van der Waals surface area contributed by atoms with Crippen LogP contribution in [0.3, 0.4) is 0 Å². The average Bonchev–Trinajstić information content (AvgIpc) is 2.78. The van der Waals surface area contributed by atoms with Crippen molar-refractivity contribution >= 4 is 21.6 Å². The van der Waals surface area contributed by atoms with Gasteiger partial charge in [-0.25, -0.2) is 13.4 Å². The molecule has 152 valence electrons. The zero-order valence-corrected chi connectivity index (χ0v) is 15.1. The van der Waals surface area contributed by atoms with E-state index in [1.54, 1.807) is 11.2 Å². The van der Waals surface area contributed by atoms with Crippen molar-refractivity contribution in [3.05, 3.63) is 0 Å². The van der Waals surface area contributed by atoms with Gasteiger partial charge in [-0.2, -0.15) is 9.41 Å². The third kappa shape index (κ3) is 9.32. The Balaban J connectivity index is -0.000000350. The molecule has 7 nitrogen and oxygen atoms in total. The highest BCUT2D eigenvalue weighted by molar-refractivity contribution is 7.88. The molecule has 0 aromatic heterocycles. The Bertz CT molecular complexity index is 512. The first-order valence-electron chi connectivity index (χ1n) is 7.66. The minimum atomic E-state index is -2.95. The Morgan fingerprint density at radius 1 is 1.16 bits per heavy atom. The number of rotatable bonds is 2. The van der Waals surface area contributed by atoms with Crippen molar-refractivity contribution in [3.63, 3.8) is 0 Å². The maximum atomic E-state index is 11.1. The summed E-state index contributed by atoms with van der Waals surface area (Å²) in [6.07, 6.45) is 2.19. The number of hydrazone groups is 1. The number of hydrogen-bond donors (Lipinski definition) is 0. The number of carbonyl (C=O) groups excluding carboxylic acids is 1. The molecule has 0 saturated carbocycles. The smallest absolute Gasteiger partial charge is 0.239 e. The molecule has 0 radical (unpaired) electrons. The number of likely N-dealkylation sites (N-methyl/N-ethyl adjacent to an activating group) is 1. The third-order valence-electron chi connectivity index (χ3n) is 3.86. The van der Waals surface area contributed by atoms with Gasteiger partial charge in [-0.15, -0.1) is 0 Å². The van der Waals surface area contributed by atoms with E-state index in [4.69, 9.17) is 0 Å². The normalized spacial score (nSPS) is 20.9. The summed E-state index contributed by atoms with van der Waals surface area (Å²) in [7, 11) is -2.95. The van der Waals surface area contributed by atoms with Gasteiger partial charge in [0.2, 0.25) is 15.9 Å². The maximum absolute atomic E-state index is 11.1. The standard InChI is InChI=1S/C7H16N2O2S.C7H12N2O.3CH4/c1-3-8-4-6-9(7-5-8)12(2,10)11;1-5-4-6(2)9(8-5)7(3)10;;;/h3-7H2,1-2H3;6H,4H2,1-3H3;3*1H4. The van der Waals surface area contributed by atoms with E-state index in [1.165, 1.54) is 11.3 Å². The first kappa shape index (κ1) is 28.8. The molecule has 8 heteroatoms. The van der Waals surface area contributed by atoms with E-state index in [1.807, 2.05) is 13.8 Å². The molecule has 0 aliphatic carbocycles. The minimum absolute atomic E-state index is 0. The van der Waals surface area contributed by atoms with E-state index in [9.17, 15) is 13.2 Å². The lowest BCUT2D eigenvalue weighted by molar-refractivity contribution is -0.130. The maximum Gasteiger partial charge on any atom is 0.239 e. The van der Waals surface area contributed by atoms with Gasteiger partial charge in [0.05, 0.1) is 12.3 Å². The molecule has 0 spiro atoms. The molecule has 2 aliphatic rings. The molecular weight excluding hydrogens is 340 g/mol. The first-order chi connectivity index (χ1) is 10.1. The van der Waals surface area contributed by atoms with Crippen LogP contribution in [-0.4, -0.2) is 79.3 Å². The van der Waals surface area contributed by atoms with Crippen molar-refractivity contribution in [2.75, 3.05) is 39.0 Å². The van der Waals surface area contributed by atoms with Crippen LogP contribution >= 0.6 is 0 Å². The monoisotopic (exact) mass is 380 g/mol. The molecule has 0 aromatic carbocycles. The van der Waals surface area contributed by atoms with Gasteiger partial charge in [0.15, 0.2) is 0 Å². The molecule has 0 N–H and O–H groups in total. The van der Waals surface area contributed by atoms with Gasteiger partial charge in [-0.1, -0.05) is 29.2 Å². The SMILES string of the molecule is C.C.C.CC(=O)N1N=C(C)CC1C.CCN1CCN(S(C)(=O)=O)CC1. The predicted molar refractivity (Wildman–Crippen MR) is 108 cm³/mol. The van der Waals surface area contributed by atoms with E-state index in [2.05, 4.69) is 16.9 Å². The van der Waals surface area contributed by atoms with Crippen molar-refractivity contribution in [2.24, 2.45) is 5.10 Å². The summed E-state index contributed by atoms with van der Waals surface area (Å²) < 4.78 is 23.7. The van der Waals surface area contributed by atoms with Crippen molar-refractivity contribution in [2.45, 2.75) is 62.4 Å². The van der Waals surface area contributed by atoms with E-state index in [0.717, 1.165) is 31.8 Å². The zero-order valence-electron chi connectivity index (χ0n) is 14.2. The molecular formula is C17H40N4O3S. The van der Waals surface area contributed by atoms with Crippen molar-refractivity contribution in [1.29, 1.82) is 0 Å². The van der Waals surface area contributed by atoms with Crippen LogP contribution < -0.4 is 0 Å². The van der Waals surface area contributed by atoms with Crippen molar-refractivity contribution in [1.82, 2.24) is 14.2 Å². The molecule has 1 atom stereocenters. The van der Waals surface area contributed by atoms with Gasteiger partial charge in [-0.05, 0) is 20.4 Å². The van der Waals surface area contributed by atoms with Gasteiger partial charge >= 0.3 is 0 Å². The molecule has 1 saturated heterocycles. The molecule has 25 heavy (non-hydrogen) atoms. The second-order valence-corrected chi connectivity index (χ2v) is 7.83. The molecule has 2 heterocycles. The highest BCUT2D eigenvalue weighted by atomic mass is 32.2. The van der Waals surface area contributed by atoms with Gasteiger partial charge in [0.1, 0.15) is 0 Å². The summed E-state index contributed by atoms with van der Waals surface area (Å²) in [5.41, 5.74) is 1.04. The summed E-state index contributed by atoms with van der Waals surface area (Å²) >= 11 is 0. The molecule has 2 aliphatic heterocycles. The summed E-state index contributed by atoms with van der Waals surface area (Å²) in [6, 6.07) is 0.262. The number of sulfonamides is 1. The van der Waals surface area contributed by atoms with E-state index in [0.29, 0.717) is 13.1 Å². The molecule has 1 amide bonds. The Morgan fingerprint density at radius 2 is 1.64 bits per heavy atom. The Labute approximate surface area is 156 Å². The third-order valence-corrected chi connectivity index (χ3v) is 5.16. The fraction of sp³-hybridized carbons (Fsp3) is 0.882. The van der Waals surface area contributed by atoms with Gasteiger partial charge in [-0.3, -0.25) is 4.79 Å².